The lowest BCUT2D eigenvalue weighted by atomic mass is 9.95. The second kappa shape index (κ2) is 14.1. The Balaban J connectivity index is 0.00000134. The van der Waals surface area contributed by atoms with Gasteiger partial charge in [-0.25, -0.2) is 0 Å². The van der Waals surface area contributed by atoms with Gasteiger partial charge < -0.3 is 21.5 Å². The number of carboxylic acid groups (broad SMARTS) is 1. The molecular weight excluding hydrogens is 492 g/mol. The number of carbonyl (C=O) groups is 3. The maximum Gasteiger partial charge on any atom is 0.290 e. The van der Waals surface area contributed by atoms with Crippen molar-refractivity contribution in [2.24, 2.45) is 11.7 Å². The molecular formula is C31H32N4O4. The van der Waals surface area contributed by atoms with Gasteiger partial charge in [-0.05, 0) is 65.9 Å². The molecule has 0 heterocycles. The van der Waals surface area contributed by atoms with Crippen LogP contribution in [0.3, 0.4) is 0 Å². The number of amides is 2. The minimum atomic E-state index is -0.880. The minimum absolute atomic E-state index is 0.0459. The summed E-state index contributed by atoms with van der Waals surface area (Å²) in [6, 6.07) is 30.3. The maximum absolute atomic E-state index is 13.4. The van der Waals surface area contributed by atoms with Crippen LogP contribution in [0.2, 0.25) is 0 Å². The number of hydrogen-bond acceptors (Lipinski definition) is 4. The van der Waals surface area contributed by atoms with Gasteiger partial charge in [0.15, 0.2) is 0 Å². The summed E-state index contributed by atoms with van der Waals surface area (Å²) in [5, 5.41) is 22.5. The number of aryl methyl sites for hydroxylation is 1. The zero-order valence-electron chi connectivity index (χ0n) is 21.6. The van der Waals surface area contributed by atoms with E-state index in [1.165, 1.54) is 0 Å². The van der Waals surface area contributed by atoms with Crippen molar-refractivity contribution < 1.29 is 19.5 Å². The fourth-order valence-corrected chi connectivity index (χ4v) is 4.32. The Morgan fingerprint density at radius 3 is 2.18 bits per heavy atom. The number of fused-ring (bicyclic) bond motifs is 1. The molecule has 2 amide bonds. The Bertz CT molecular complexity index is 1420. The quantitative estimate of drug-likeness (QED) is 0.0916. The van der Waals surface area contributed by atoms with Crippen LogP contribution in [0.25, 0.3) is 10.8 Å². The molecule has 6 N–H and O–H groups in total. The average molecular weight is 525 g/mol. The van der Waals surface area contributed by atoms with Crippen LogP contribution in [0.4, 0.5) is 5.69 Å². The van der Waals surface area contributed by atoms with E-state index in [0.29, 0.717) is 24.1 Å². The van der Waals surface area contributed by atoms with Gasteiger partial charge in [-0.2, -0.15) is 0 Å². The lowest BCUT2D eigenvalue weighted by Crippen LogP contribution is -2.39. The molecule has 1 unspecified atom stereocenters. The van der Waals surface area contributed by atoms with Crippen LogP contribution in [0.15, 0.2) is 97.1 Å². The first kappa shape index (κ1) is 28.6. The maximum atomic E-state index is 13.4. The number of anilines is 1. The molecule has 0 spiro atoms. The van der Waals surface area contributed by atoms with Crippen molar-refractivity contribution in [2.45, 2.75) is 25.8 Å². The Kier molecular flexibility index (Phi) is 10.3. The fourth-order valence-electron chi connectivity index (χ4n) is 4.32. The van der Waals surface area contributed by atoms with Gasteiger partial charge >= 0.3 is 0 Å². The van der Waals surface area contributed by atoms with Crippen molar-refractivity contribution in [1.82, 2.24) is 5.32 Å². The molecule has 4 aromatic carbocycles. The smallest absolute Gasteiger partial charge is 0.290 e. The molecule has 0 saturated heterocycles. The molecule has 200 valence electrons. The SMILES string of the molecule is C[C@@H](NC(=O)C(CCc1ccccc1)C(=O)Nc1ccc(C(=N)N)cc1)c1cccc2ccccc12.O=CO. The number of nitrogens with one attached hydrogen (secondary N) is 3. The van der Waals surface area contributed by atoms with Gasteiger partial charge in [0, 0.05) is 11.3 Å². The lowest BCUT2D eigenvalue weighted by Gasteiger charge is -2.21. The first-order valence-electron chi connectivity index (χ1n) is 12.5. The number of benzene rings is 4. The first-order valence-corrected chi connectivity index (χ1v) is 12.5. The molecule has 0 fully saturated rings. The number of nitrogens with two attached hydrogens (primary N) is 1. The number of nitrogen functional groups attached to an aromatic ring is 1. The number of hydrogen-bond donors (Lipinski definition) is 5. The van der Waals surface area contributed by atoms with E-state index in [9.17, 15) is 9.59 Å². The second-order valence-corrected chi connectivity index (χ2v) is 8.96. The van der Waals surface area contributed by atoms with E-state index < -0.39 is 5.92 Å². The van der Waals surface area contributed by atoms with E-state index in [1.807, 2.05) is 79.7 Å². The predicted molar refractivity (Wildman–Crippen MR) is 154 cm³/mol. The third kappa shape index (κ3) is 8.00. The summed E-state index contributed by atoms with van der Waals surface area (Å²) < 4.78 is 0. The molecule has 4 rings (SSSR count). The topological polar surface area (TPSA) is 145 Å². The van der Waals surface area contributed by atoms with Crippen molar-refractivity contribution in [3.05, 3.63) is 114 Å². The van der Waals surface area contributed by atoms with Crippen LogP contribution < -0.4 is 16.4 Å². The standard InChI is InChI=1S/C30H30N4O2.CH2O2/c1-20(25-13-7-11-22-10-5-6-12-26(22)25)33-29(35)27(19-14-21-8-3-2-4-9-21)30(36)34-24-17-15-23(16-18-24)28(31)32;2-1-3/h2-13,15-18,20,27H,14,19H2,1H3,(H3,31,32)(H,33,35)(H,34,36);1H,(H,2,3)/t20-,27?;/m1./s1. The summed E-state index contributed by atoms with van der Waals surface area (Å²) >= 11 is 0. The Morgan fingerprint density at radius 1 is 0.897 bits per heavy atom. The fraction of sp³-hybridized carbons (Fsp3) is 0.161. The summed E-state index contributed by atoms with van der Waals surface area (Å²) in [6.45, 7) is 1.69. The van der Waals surface area contributed by atoms with Crippen LogP contribution in [-0.4, -0.2) is 29.2 Å². The Morgan fingerprint density at radius 2 is 1.51 bits per heavy atom. The largest absolute Gasteiger partial charge is 0.483 e. The molecule has 0 bridgehead atoms. The predicted octanol–water partition coefficient (Wildman–Crippen LogP) is 4.89. The average Bonchev–Trinajstić information content (AvgIpc) is 2.94. The van der Waals surface area contributed by atoms with Crippen molar-refractivity contribution in [3.8, 4) is 0 Å². The molecule has 0 saturated carbocycles. The highest BCUT2D eigenvalue weighted by Gasteiger charge is 2.28. The van der Waals surface area contributed by atoms with Crippen molar-refractivity contribution >= 4 is 40.6 Å². The second-order valence-electron chi connectivity index (χ2n) is 8.96. The van der Waals surface area contributed by atoms with Crippen molar-refractivity contribution in [1.29, 1.82) is 5.41 Å². The van der Waals surface area contributed by atoms with E-state index in [-0.39, 0.29) is 30.2 Å². The van der Waals surface area contributed by atoms with Crippen LogP contribution >= 0.6 is 0 Å². The monoisotopic (exact) mass is 524 g/mol. The highest BCUT2D eigenvalue weighted by molar-refractivity contribution is 6.07. The van der Waals surface area contributed by atoms with Gasteiger partial charge in [0.2, 0.25) is 11.8 Å². The molecule has 39 heavy (non-hydrogen) atoms. The summed E-state index contributed by atoms with van der Waals surface area (Å²) in [6.07, 6.45) is 0.966. The van der Waals surface area contributed by atoms with E-state index in [4.69, 9.17) is 21.0 Å². The van der Waals surface area contributed by atoms with Gasteiger partial charge in [0.05, 0.1) is 6.04 Å². The summed E-state index contributed by atoms with van der Waals surface area (Å²) in [7, 11) is 0. The van der Waals surface area contributed by atoms with Crippen molar-refractivity contribution in [2.75, 3.05) is 5.32 Å². The molecule has 8 nitrogen and oxygen atoms in total. The molecule has 0 aromatic heterocycles. The molecule has 8 heteroatoms. The summed E-state index contributed by atoms with van der Waals surface area (Å²) in [5.41, 5.74) is 8.70. The van der Waals surface area contributed by atoms with E-state index >= 15 is 0 Å². The number of amidine groups is 1. The minimum Gasteiger partial charge on any atom is -0.483 e. The molecule has 0 radical (unpaired) electrons. The van der Waals surface area contributed by atoms with Gasteiger partial charge in [-0.1, -0.05) is 72.8 Å². The number of rotatable bonds is 9. The van der Waals surface area contributed by atoms with Crippen LogP contribution in [-0.2, 0) is 20.8 Å². The van der Waals surface area contributed by atoms with Crippen molar-refractivity contribution in [3.63, 3.8) is 0 Å². The van der Waals surface area contributed by atoms with Gasteiger partial charge in [0.25, 0.3) is 6.47 Å². The Hall–Kier alpha value is -4.98. The highest BCUT2D eigenvalue weighted by Crippen LogP contribution is 2.25. The third-order valence-corrected chi connectivity index (χ3v) is 6.31. The zero-order chi connectivity index (χ0) is 28.2. The highest BCUT2D eigenvalue weighted by atomic mass is 16.3. The summed E-state index contributed by atoms with van der Waals surface area (Å²) in [4.78, 5) is 35.1. The zero-order valence-corrected chi connectivity index (χ0v) is 21.6. The van der Waals surface area contributed by atoms with Gasteiger partial charge in [-0.15, -0.1) is 0 Å². The Labute approximate surface area is 227 Å². The molecule has 2 atom stereocenters. The molecule has 0 aliphatic carbocycles. The van der Waals surface area contributed by atoms with Crippen LogP contribution in [0.1, 0.15) is 36.1 Å². The van der Waals surface area contributed by atoms with E-state index in [0.717, 1.165) is 21.9 Å². The van der Waals surface area contributed by atoms with Crippen LogP contribution in [0, 0.1) is 11.3 Å². The lowest BCUT2D eigenvalue weighted by molar-refractivity contribution is -0.133. The van der Waals surface area contributed by atoms with Crippen LogP contribution in [0.5, 0.6) is 0 Å². The molecule has 0 aliphatic rings. The normalized spacial score (nSPS) is 11.8. The third-order valence-electron chi connectivity index (χ3n) is 6.31. The summed E-state index contributed by atoms with van der Waals surface area (Å²) in [5.74, 6) is -1.61. The van der Waals surface area contributed by atoms with Gasteiger partial charge in [0.1, 0.15) is 11.8 Å². The van der Waals surface area contributed by atoms with Gasteiger partial charge in [-0.3, -0.25) is 19.8 Å². The first-order chi connectivity index (χ1) is 18.8. The molecule has 0 aliphatic heterocycles. The number of carbonyl (C=O) groups excluding carboxylic acids is 2. The van der Waals surface area contributed by atoms with E-state index in [2.05, 4.69) is 10.6 Å². The molecule has 4 aromatic rings. The van der Waals surface area contributed by atoms with E-state index in [1.54, 1.807) is 24.3 Å².